The van der Waals surface area contributed by atoms with Gasteiger partial charge in [0.25, 0.3) is 0 Å². The van der Waals surface area contributed by atoms with Gasteiger partial charge in [-0.1, -0.05) is 6.42 Å². The molecule has 2 atom stereocenters. The van der Waals surface area contributed by atoms with E-state index < -0.39 is 0 Å². The van der Waals surface area contributed by atoms with E-state index in [0.717, 1.165) is 29.8 Å². The van der Waals surface area contributed by atoms with Gasteiger partial charge < -0.3 is 10.7 Å². The van der Waals surface area contributed by atoms with Crippen LogP contribution >= 0.6 is 0 Å². The lowest BCUT2D eigenvalue weighted by atomic mass is 10.0. The van der Waals surface area contributed by atoms with E-state index in [2.05, 4.69) is 21.9 Å². The van der Waals surface area contributed by atoms with Crippen LogP contribution in [-0.2, 0) is 0 Å². The number of aromatic amines is 1. The van der Waals surface area contributed by atoms with Crippen LogP contribution in [-0.4, -0.2) is 21.0 Å². The molecule has 4 nitrogen and oxygen atoms in total. The highest BCUT2D eigenvalue weighted by Crippen LogP contribution is 2.32. The molecule has 2 unspecified atom stereocenters. The molecule has 4 heteroatoms. The number of nitrogens with two attached hydrogens (primary N) is 1. The van der Waals surface area contributed by atoms with Gasteiger partial charge in [0.1, 0.15) is 5.82 Å². The fraction of sp³-hybridized carbons (Fsp3) is 0.500. The lowest BCUT2D eigenvalue weighted by Crippen LogP contribution is -2.23. The molecule has 2 heterocycles. The second-order valence-corrected chi connectivity index (χ2v) is 4.65. The molecule has 1 fully saturated rings. The summed E-state index contributed by atoms with van der Waals surface area (Å²) in [6.07, 6.45) is 5.25. The van der Waals surface area contributed by atoms with Gasteiger partial charge >= 0.3 is 0 Å². The van der Waals surface area contributed by atoms with Crippen LogP contribution in [0.15, 0.2) is 12.3 Å². The Bertz CT molecular complexity index is 517. The maximum atomic E-state index is 6.09. The largest absolute Gasteiger partial charge is 0.340 e. The number of fused-ring (bicyclic) bond motifs is 1. The summed E-state index contributed by atoms with van der Waals surface area (Å²) < 4.78 is 0. The minimum atomic E-state index is 0.251. The predicted octanol–water partition coefficient (Wildman–Crippen LogP) is 1.86. The highest BCUT2D eigenvalue weighted by atomic mass is 15.0. The molecule has 0 radical (unpaired) electrons. The Labute approximate surface area is 94.3 Å². The Hall–Kier alpha value is -1.42. The first-order chi connectivity index (χ1) is 7.75. The van der Waals surface area contributed by atoms with Crippen LogP contribution in [0, 0.1) is 6.92 Å². The molecule has 3 N–H and O–H groups in total. The Morgan fingerprint density at radius 2 is 2.31 bits per heavy atom. The van der Waals surface area contributed by atoms with E-state index in [9.17, 15) is 0 Å². The first-order valence-corrected chi connectivity index (χ1v) is 5.82. The van der Waals surface area contributed by atoms with E-state index in [-0.39, 0.29) is 6.04 Å². The van der Waals surface area contributed by atoms with Gasteiger partial charge in [-0.25, -0.2) is 9.97 Å². The molecule has 0 spiro atoms. The first-order valence-electron chi connectivity index (χ1n) is 5.82. The van der Waals surface area contributed by atoms with Crippen LogP contribution in [0.25, 0.3) is 11.2 Å². The summed E-state index contributed by atoms with van der Waals surface area (Å²) in [5.74, 6) is 1.40. The average Bonchev–Trinajstić information content (AvgIpc) is 2.84. The summed E-state index contributed by atoms with van der Waals surface area (Å²) in [6.45, 7) is 2.07. The molecule has 16 heavy (non-hydrogen) atoms. The van der Waals surface area contributed by atoms with Gasteiger partial charge in [0, 0.05) is 18.2 Å². The fourth-order valence-electron chi connectivity index (χ4n) is 2.56. The summed E-state index contributed by atoms with van der Waals surface area (Å²) in [7, 11) is 0. The summed E-state index contributed by atoms with van der Waals surface area (Å²) in [5.41, 5.74) is 9.15. The van der Waals surface area contributed by atoms with Crippen LogP contribution in [0.1, 0.15) is 36.6 Å². The van der Waals surface area contributed by atoms with Gasteiger partial charge in [0.15, 0.2) is 5.65 Å². The van der Waals surface area contributed by atoms with Crippen LogP contribution in [0.3, 0.4) is 0 Å². The van der Waals surface area contributed by atoms with Crippen LogP contribution in [0.2, 0.25) is 0 Å². The maximum absolute atomic E-state index is 6.09. The zero-order valence-corrected chi connectivity index (χ0v) is 9.40. The van der Waals surface area contributed by atoms with Crippen LogP contribution < -0.4 is 5.73 Å². The molecule has 0 aromatic carbocycles. The maximum Gasteiger partial charge on any atom is 0.177 e. The lowest BCUT2D eigenvalue weighted by molar-refractivity contribution is 0.588. The third kappa shape index (κ3) is 1.41. The molecule has 1 saturated carbocycles. The Morgan fingerprint density at radius 3 is 3.00 bits per heavy atom. The Kier molecular flexibility index (Phi) is 2.17. The van der Waals surface area contributed by atoms with E-state index in [1.807, 2.05) is 6.07 Å². The highest BCUT2D eigenvalue weighted by Gasteiger charge is 2.28. The van der Waals surface area contributed by atoms with Crippen LogP contribution in [0.5, 0.6) is 0 Å². The number of imidazole rings is 1. The average molecular weight is 216 g/mol. The van der Waals surface area contributed by atoms with Gasteiger partial charge in [-0.3, -0.25) is 0 Å². The number of H-pyrrole nitrogens is 1. The molecule has 1 aliphatic rings. The third-order valence-electron chi connectivity index (χ3n) is 3.54. The molecule has 0 aliphatic heterocycles. The zero-order valence-electron chi connectivity index (χ0n) is 9.40. The molecule has 1 aliphatic carbocycles. The van der Waals surface area contributed by atoms with Crippen molar-refractivity contribution in [2.45, 2.75) is 38.1 Å². The molecule has 0 amide bonds. The quantitative estimate of drug-likeness (QED) is 0.764. The number of hydrogen-bond donors (Lipinski definition) is 2. The molecule has 2 aromatic heterocycles. The monoisotopic (exact) mass is 216 g/mol. The number of hydrogen-bond acceptors (Lipinski definition) is 3. The van der Waals surface area contributed by atoms with Crippen molar-refractivity contribution in [3.05, 3.63) is 23.7 Å². The molecule has 3 rings (SSSR count). The molecule has 2 aromatic rings. The zero-order chi connectivity index (χ0) is 11.1. The number of nitrogens with one attached hydrogen (secondary N) is 1. The predicted molar refractivity (Wildman–Crippen MR) is 63.2 cm³/mol. The topological polar surface area (TPSA) is 67.6 Å². The number of aryl methyl sites for hydroxylation is 1. The van der Waals surface area contributed by atoms with Gasteiger partial charge in [0.05, 0.1) is 5.52 Å². The number of nitrogens with zero attached hydrogens (tertiary/aromatic N) is 2. The third-order valence-corrected chi connectivity index (χ3v) is 3.54. The number of aromatic nitrogens is 3. The lowest BCUT2D eigenvalue weighted by Gasteiger charge is -2.11. The van der Waals surface area contributed by atoms with Gasteiger partial charge in [0.2, 0.25) is 0 Å². The molecule has 0 saturated heterocycles. The first kappa shape index (κ1) is 9.78. The van der Waals surface area contributed by atoms with Crippen molar-refractivity contribution in [3.8, 4) is 0 Å². The second-order valence-electron chi connectivity index (χ2n) is 4.65. The second kappa shape index (κ2) is 3.56. The van der Waals surface area contributed by atoms with Gasteiger partial charge in [-0.15, -0.1) is 0 Å². The van der Waals surface area contributed by atoms with E-state index >= 15 is 0 Å². The van der Waals surface area contributed by atoms with E-state index in [0.29, 0.717) is 5.92 Å². The van der Waals surface area contributed by atoms with E-state index in [1.54, 1.807) is 6.20 Å². The molecular formula is C12H16N4. The smallest absolute Gasteiger partial charge is 0.177 e. The molecule has 84 valence electrons. The summed E-state index contributed by atoms with van der Waals surface area (Å²) in [5, 5.41) is 0. The minimum Gasteiger partial charge on any atom is -0.340 e. The van der Waals surface area contributed by atoms with Crippen molar-refractivity contribution in [2.24, 2.45) is 5.73 Å². The van der Waals surface area contributed by atoms with Gasteiger partial charge in [-0.05, 0) is 31.4 Å². The minimum absolute atomic E-state index is 0.251. The SMILES string of the molecule is Cc1ccnc2nc(C3CCCC3N)[nH]c12. The summed E-state index contributed by atoms with van der Waals surface area (Å²) in [4.78, 5) is 12.2. The highest BCUT2D eigenvalue weighted by molar-refractivity contribution is 5.74. The Balaban J connectivity index is 2.08. The van der Waals surface area contributed by atoms with Crippen LogP contribution in [0.4, 0.5) is 0 Å². The number of pyridine rings is 1. The van der Waals surface area contributed by atoms with Gasteiger partial charge in [-0.2, -0.15) is 0 Å². The van der Waals surface area contributed by atoms with Crippen molar-refractivity contribution < 1.29 is 0 Å². The fourth-order valence-corrected chi connectivity index (χ4v) is 2.56. The standard InChI is InChI=1S/C12H16N4/c1-7-5-6-14-12-10(7)15-11(16-12)8-3-2-4-9(8)13/h5-6,8-9H,2-4,13H2,1H3,(H,14,15,16). The molecule has 0 bridgehead atoms. The number of rotatable bonds is 1. The van der Waals surface area contributed by atoms with E-state index in [1.165, 1.54) is 12.0 Å². The van der Waals surface area contributed by atoms with Crippen molar-refractivity contribution in [3.63, 3.8) is 0 Å². The Morgan fingerprint density at radius 1 is 1.44 bits per heavy atom. The normalized spacial score (nSPS) is 25.4. The van der Waals surface area contributed by atoms with Crippen molar-refractivity contribution >= 4 is 11.2 Å². The van der Waals surface area contributed by atoms with Crippen molar-refractivity contribution in [1.29, 1.82) is 0 Å². The van der Waals surface area contributed by atoms with E-state index in [4.69, 9.17) is 5.73 Å². The summed E-state index contributed by atoms with van der Waals surface area (Å²) >= 11 is 0. The van der Waals surface area contributed by atoms with Crippen molar-refractivity contribution in [1.82, 2.24) is 15.0 Å². The summed E-state index contributed by atoms with van der Waals surface area (Å²) in [6, 6.07) is 2.25. The molecular weight excluding hydrogens is 200 g/mol. The van der Waals surface area contributed by atoms with Crippen molar-refractivity contribution in [2.75, 3.05) is 0 Å².